The van der Waals surface area contributed by atoms with E-state index in [-0.39, 0.29) is 11.6 Å². The van der Waals surface area contributed by atoms with Gasteiger partial charge in [-0.25, -0.2) is 0 Å². The van der Waals surface area contributed by atoms with Crippen molar-refractivity contribution in [3.05, 3.63) is 59.5 Å². The van der Waals surface area contributed by atoms with Gasteiger partial charge in [-0.3, -0.25) is 4.79 Å². The Morgan fingerprint density at radius 3 is 2.89 bits per heavy atom. The van der Waals surface area contributed by atoms with Crippen molar-refractivity contribution in [1.82, 2.24) is 25.1 Å². The molecule has 4 aromatic rings. The van der Waals surface area contributed by atoms with Crippen molar-refractivity contribution < 1.29 is 9.32 Å². The first-order valence-corrected chi connectivity index (χ1v) is 9.36. The summed E-state index contributed by atoms with van der Waals surface area (Å²) in [5, 5.41) is 17.8. The molecule has 1 N–H and O–H groups in total. The Morgan fingerprint density at radius 2 is 2.07 bits per heavy atom. The van der Waals surface area contributed by atoms with Crippen molar-refractivity contribution in [2.75, 3.05) is 5.32 Å². The number of nitrogens with zero attached hydrogens (tertiary/aromatic N) is 5. The van der Waals surface area contributed by atoms with Crippen LogP contribution in [0.1, 0.15) is 35.1 Å². The Labute approximate surface area is 157 Å². The lowest BCUT2D eigenvalue weighted by Gasteiger charge is -2.01. The molecule has 0 saturated heterocycles. The van der Waals surface area contributed by atoms with Crippen LogP contribution in [0.5, 0.6) is 0 Å². The molecule has 0 bridgehead atoms. The fourth-order valence-electron chi connectivity index (χ4n) is 2.65. The maximum absolute atomic E-state index is 12.6. The normalized spacial score (nSPS) is 13.6. The molecule has 0 unspecified atom stereocenters. The van der Waals surface area contributed by atoms with Crippen LogP contribution < -0.4 is 5.32 Å². The first kappa shape index (κ1) is 15.9. The summed E-state index contributed by atoms with van der Waals surface area (Å²) in [5.74, 6) is 1.22. The zero-order chi connectivity index (χ0) is 18.2. The molecule has 0 atom stereocenters. The minimum absolute atomic E-state index is 0.224. The van der Waals surface area contributed by atoms with E-state index in [0.717, 1.165) is 24.4 Å². The van der Waals surface area contributed by atoms with Gasteiger partial charge >= 0.3 is 0 Å². The van der Waals surface area contributed by atoms with Crippen LogP contribution in [0, 0.1) is 0 Å². The second-order valence-electron chi connectivity index (χ2n) is 6.20. The fourth-order valence-corrected chi connectivity index (χ4v) is 3.42. The molecule has 3 aromatic heterocycles. The molecule has 1 amide bonds. The number of anilines is 1. The minimum atomic E-state index is -0.345. The van der Waals surface area contributed by atoms with Gasteiger partial charge in [0.2, 0.25) is 0 Å². The van der Waals surface area contributed by atoms with Crippen LogP contribution >= 0.6 is 11.3 Å². The van der Waals surface area contributed by atoms with Crippen molar-refractivity contribution in [3.8, 4) is 17.1 Å². The van der Waals surface area contributed by atoms with E-state index < -0.39 is 0 Å². The summed E-state index contributed by atoms with van der Waals surface area (Å²) in [7, 11) is 0. The third kappa shape index (κ3) is 3.13. The summed E-state index contributed by atoms with van der Waals surface area (Å²) in [4.78, 5) is 18.4. The highest BCUT2D eigenvalue weighted by Gasteiger charge is 2.29. The summed E-state index contributed by atoms with van der Waals surface area (Å²) >= 11 is 1.39. The van der Waals surface area contributed by atoms with Gasteiger partial charge < -0.3 is 9.84 Å². The molecular formula is C18H14N6O2S. The molecule has 0 radical (unpaired) electrons. The average Bonchev–Trinajstić information content (AvgIpc) is 3.11. The third-order valence-corrected chi connectivity index (χ3v) is 5.05. The molecular weight excluding hydrogens is 364 g/mol. The number of rotatable bonds is 5. The van der Waals surface area contributed by atoms with E-state index in [9.17, 15) is 4.79 Å². The number of benzene rings is 1. The molecule has 1 aromatic carbocycles. The zero-order valence-corrected chi connectivity index (χ0v) is 14.9. The first-order valence-electron chi connectivity index (χ1n) is 8.48. The highest BCUT2D eigenvalue weighted by Crippen LogP contribution is 2.40. The minimum Gasteiger partial charge on any atom is -0.334 e. The van der Waals surface area contributed by atoms with Crippen molar-refractivity contribution in [2.24, 2.45) is 0 Å². The van der Waals surface area contributed by atoms with Gasteiger partial charge in [-0.15, -0.1) is 16.4 Å². The SMILES string of the molecule is O=C(Nc1sccc1-c1nc(C2CC2)no1)c1cnn(-c2ccccc2)n1. The van der Waals surface area contributed by atoms with E-state index in [4.69, 9.17) is 4.52 Å². The van der Waals surface area contributed by atoms with E-state index in [1.165, 1.54) is 22.3 Å². The van der Waals surface area contributed by atoms with E-state index in [0.29, 0.717) is 22.4 Å². The number of carbonyl (C=O) groups is 1. The number of carbonyl (C=O) groups excluding carboxylic acids is 1. The Hall–Kier alpha value is -3.33. The average molecular weight is 378 g/mol. The lowest BCUT2D eigenvalue weighted by molar-refractivity contribution is 0.102. The fraction of sp³-hybridized carbons (Fsp3) is 0.167. The van der Waals surface area contributed by atoms with Crippen molar-refractivity contribution >= 4 is 22.2 Å². The summed E-state index contributed by atoms with van der Waals surface area (Å²) in [5.41, 5.74) is 1.72. The van der Waals surface area contributed by atoms with E-state index >= 15 is 0 Å². The lowest BCUT2D eigenvalue weighted by Crippen LogP contribution is -2.13. The van der Waals surface area contributed by atoms with Gasteiger partial charge in [0.15, 0.2) is 11.5 Å². The highest BCUT2D eigenvalue weighted by atomic mass is 32.1. The van der Waals surface area contributed by atoms with Crippen molar-refractivity contribution in [3.63, 3.8) is 0 Å². The monoisotopic (exact) mass is 378 g/mol. The predicted octanol–water partition coefficient (Wildman–Crippen LogP) is 3.51. The van der Waals surface area contributed by atoms with Gasteiger partial charge in [0.25, 0.3) is 11.8 Å². The van der Waals surface area contributed by atoms with Gasteiger partial charge in [0.05, 0.1) is 17.4 Å². The lowest BCUT2D eigenvalue weighted by atomic mass is 10.3. The molecule has 1 fully saturated rings. The maximum atomic E-state index is 12.6. The third-order valence-electron chi connectivity index (χ3n) is 4.22. The Balaban J connectivity index is 1.36. The second kappa shape index (κ2) is 6.44. The molecule has 0 aliphatic heterocycles. The molecule has 0 spiro atoms. The molecule has 1 aliphatic carbocycles. The molecule has 8 nitrogen and oxygen atoms in total. The zero-order valence-electron chi connectivity index (χ0n) is 14.1. The van der Waals surface area contributed by atoms with Gasteiger partial charge in [0.1, 0.15) is 5.00 Å². The van der Waals surface area contributed by atoms with Crippen LogP contribution in [-0.4, -0.2) is 31.0 Å². The Morgan fingerprint density at radius 1 is 1.22 bits per heavy atom. The van der Waals surface area contributed by atoms with Gasteiger partial charge in [-0.2, -0.15) is 14.9 Å². The number of amides is 1. The quantitative estimate of drug-likeness (QED) is 0.571. The first-order chi connectivity index (χ1) is 13.3. The standard InChI is InChI=1S/C18H14N6O2S/c25-16(14-10-19-24(22-14)12-4-2-1-3-5-12)21-18-13(8-9-27-18)17-20-15(23-26-17)11-6-7-11/h1-5,8-11H,6-7H2,(H,21,25). The summed E-state index contributed by atoms with van der Waals surface area (Å²) in [6.07, 6.45) is 3.64. The van der Waals surface area contributed by atoms with Crippen LogP contribution in [0.15, 0.2) is 52.5 Å². The van der Waals surface area contributed by atoms with E-state index in [2.05, 4.69) is 25.7 Å². The molecule has 1 aliphatic rings. The van der Waals surface area contributed by atoms with Gasteiger partial charge in [0, 0.05) is 5.92 Å². The predicted molar refractivity (Wildman–Crippen MR) is 98.9 cm³/mol. The number of thiophene rings is 1. The smallest absolute Gasteiger partial charge is 0.278 e. The largest absolute Gasteiger partial charge is 0.334 e. The molecule has 27 heavy (non-hydrogen) atoms. The van der Waals surface area contributed by atoms with Crippen molar-refractivity contribution in [1.29, 1.82) is 0 Å². The van der Waals surface area contributed by atoms with E-state index in [1.54, 1.807) is 0 Å². The Bertz CT molecular complexity index is 1100. The Kier molecular flexibility index (Phi) is 3.79. The summed E-state index contributed by atoms with van der Waals surface area (Å²) in [6, 6.07) is 11.3. The maximum Gasteiger partial charge on any atom is 0.278 e. The summed E-state index contributed by atoms with van der Waals surface area (Å²) in [6.45, 7) is 0. The number of aromatic nitrogens is 5. The summed E-state index contributed by atoms with van der Waals surface area (Å²) < 4.78 is 5.36. The van der Waals surface area contributed by atoms with Gasteiger partial charge in [-0.1, -0.05) is 23.4 Å². The van der Waals surface area contributed by atoms with E-state index in [1.807, 2.05) is 41.8 Å². The molecule has 1 saturated carbocycles. The molecule has 5 rings (SSSR count). The van der Waals surface area contributed by atoms with Crippen LogP contribution in [0.25, 0.3) is 17.1 Å². The number of hydrogen-bond donors (Lipinski definition) is 1. The number of hydrogen-bond acceptors (Lipinski definition) is 7. The molecule has 134 valence electrons. The van der Waals surface area contributed by atoms with Crippen LogP contribution in [-0.2, 0) is 0 Å². The number of nitrogens with one attached hydrogen (secondary N) is 1. The molecule has 9 heteroatoms. The van der Waals surface area contributed by atoms with Gasteiger partial charge in [-0.05, 0) is 36.4 Å². The van der Waals surface area contributed by atoms with Crippen molar-refractivity contribution in [2.45, 2.75) is 18.8 Å². The van der Waals surface area contributed by atoms with Crippen LogP contribution in [0.4, 0.5) is 5.00 Å². The van der Waals surface area contributed by atoms with Crippen LogP contribution in [0.3, 0.4) is 0 Å². The topological polar surface area (TPSA) is 98.7 Å². The molecule has 3 heterocycles. The highest BCUT2D eigenvalue weighted by molar-refractivity contribution is 7.15. The second-order valence-corrected chi connectivity index (χ2v) is 7.12. The number of para-hydroxylation sites is 1. The van der Waals surface area contributed by atoms with Crippen LogP contribution in [0.2, 0.25) is 0 Å².